The molecule has 0 aromatic heterocycles. The zero-order valence-corrected chi connectivity index (χ0v) is 14.1. The molecule has 2 atom stereocenters. The van der Waals surface area contributed by atoms with E-state index in [2.05, 4.69) is 21.2 Å². The average molecular weight is 360 g/mol. The summed E-state index contributed by atoms with van der Waals surface area (Å²) in [6.07, 6.45) is -2.80. The van der Waals surface area contributed by atoms with Gasteiger partial charge in [-0.25, -0.2) is 4.79 Å². The van der Waals surface area contributed by atoms with E-state index >= 15 is 0 Å². The summed E-state index contributed by atoms with van der Waals surface area (Å²) in [6, 6.07) is 7.25. The second-order valence-electron chi connectivity index (χ2n) is 5.77. The fourth-order valence-electron chi connectivity index (χ4n) is 1.70. The van der Waals surface area contributed by atoms with Crippen molar-refractivity contribution in [3.05, 3.63) is 35.4 Å². The van der Waals surface area contributed by atoms with Gasteiger partial charge >= 0.3 is 6.09 Å². The topological polar surface area (TPSA) is 78.8 Å². The molecule has 0 bridgehead atoms. The molecule has 21 heavy (non-hydrogen) atoms. The highest BCUT2D eigenvalue weighted by molar-refractivity contribution is 9.08. The van der Waals surface area contributed by atoms with Crippen molar-refractivity contribution in [2.45, 2.75) is 43.9 Å². The van der Waals surface area contributed by atoms with E-state index in [4.69, 9.17) is 4.74 Å². The maximum absolute atomic E-state index is 11.5. The number of rotatable bonds is 5. The monoisotopic (exact) mass is 359 g/mol. The lowest BCUT2D eigenvalue weighted by Gasteiger charge is -2.22. The zero-order chi connectivity index (χ0) is 16.0. The molecule has 0 fully saturated rings. The normalized spacial score (nSPS) is 14.4. The minimum Gasteiger partial charge on any atom is -0.444 e. The SMILES string of the molecule is CC(C)(C)OC(=O)NCC(O)C(O)c1cccc(CBr)c1. The van der Waals surface area contributed by atoms with E-state index in [1.807, 2.05) is 12.1 Å². The van der Waals surface area contributed by atoms with E-state index in [1.165, 1.54) is 0 Å². The van der Waals surface area contributed by atoms with E-state index in [9.17, 15) is 15.0 Å². The number of alkyl carbamates (subject to hydrolysis) is 1. The van der Waals surface area contributed by atoms with Crippen LogP contribution in [0.4, 0.5) is 4.79 Å². The van der Waals surface area contributed by atoms with Crippen LogP contribution >= 0.6 is 15.9 Å². The predicted octanol–water partition coefficient (Wildman–Crippen LogP) is 2.50. The fourth-order valence-corrected chi connectivity index (χ4v) is 2.04. The number of alkyl halides is 1. The molecular formula is C15H22BrNO4. The predicted molar refractivity (Wildman–Crippen MR) is 84.3 cm³/mol. The quantitative estimate of drug-likeness (QED) is 0.705. The van der Waals surface area contributed by atoms with E-state index in [0.717, 1.165) is 5.56 Å². The number of benzene rings is 1. The molecule has 0 saturated carbocycles. The van der Waals surface area contributed by atoms with Gasteiger partial charge in [-0.2, -0.15) is 0 Å². The fraction of sp³-hybridized carbons (Fsp3) is 0.533. The van der Waals surface area contributed by atoms with Gasteiger partial charge in [0.05, 0.1) is 0 Å². The lowest BCUT2D eigenvalue weighted by molar-refractivity contribution is 0.0129. The summed E-state index contributed by atoms with van der Waals surface area (Å²) in [5.41, 5.74) is 1.00. The minimum absolute atomic E-state index is 0.0887. The first-order valence-corrected chi connectivity index (χ1v) is 7.83. The molecule has 1 rings (SSSR count). The van der Waals surface area contributed by atoms with Crippen molar-refractivity contribution in [1.29, 1.82) is 0 Å². The molecule has 0 aliphatic heterocycles. The van der Waals surface area contributed by atoms with E-state index in [1.54, 1.807) is 32.9 Å². The molecular weight excluding hydrogens is 338 g/mol. The minimum atomic E-state index is -1.11. The summed E-state index contributed by atoms with van der Waals surface area (Å²) in [7, 11) is 0. The number of nitrogens with one attached hydrogen (secondary N) is 1. The Bertz CT molecular complexity index is 473. The van der Waals surface area contributed by atoms with Gasteiger partial charge in [-0.3, -0.25) is 0 Å². The van der Waals surface area contributed by atoms with E-state index in [-0.39, 0.29) is 6.54 Å². The number of carbonyl (C=O) groups is 1. The first-order chi connectivity index (χ1) is 9.73. The Labute approximate surface area is 133 Å². The van der Waals surface area contributed by atoms with E-state index < -0.39 is 23.9 Å². The summed E-state index contributed by atoms with van der Waals surface area (Å²) >= 11 is 3.34. The third-order valence-electron chi connectivity index (χ3n) is 2.67. The van der Waals surface area contributed by atoms with E-state index in [0.29, 0.717) is 10.9 Å². The first-order valence-electron chi connectivity index (χ1n) is 6.70. The number of hydrogen-bond acceptors (Lipinski definition) is 4. The summed E-state index contributed by atoms with van der Waals surface area (Å²) in [5, 5.41) is 23.2. The van der Waals surface area contributed by atoms with Crippen molar-refractivity contribution >= 4 is 22.0 Å². The molecule has 1 aromatic rings. The number of aliphatic hydroxyl groups is 2. The molecule has 118 valence electrons. The molecule has 0 heterocycles. The van der Waals surface area contributed by atoms with Gasteiger partial charge in [-0.05, 0) is 31.9 Å². The maximum atomic E-state index is 11.5. The van der Waals surface area contributed by atoms with Gasteiger partial charge < -0.3 is 20.3 Å². The van der Waals surface area contributed by atoms with Gasteiger partial charge in [-0.15, -0.1) is 0 Å². The van der Waals surface area contributed by atoms with Crippen molar-refractivity contribution in [2.75, 3.05) is 6.54 Å². The summed E-state index contributed by atoms with van der Waals surface area (Å²) in [6.45, 7) is 5.17. The van der Waals surface area contributed by atoms with Crippen LogP contribution in [-0.2, 0) is 10.1 Å². The maximum Gasteiger partial charge on any atom is 0.407 e. The van der Waals surface area contributed by atoms with Crippen LogP contribution in [0, 0.1) is 0 Å². The number of amides is 1. The standard InChI is InChI=1S/C15H22BrNO4/c1-15(2,3)21-14(20)17-9-12(18)13(19)11-6-4-5-10(7-11)8-16/h4-7,12-13,18-19H,8-9H2,1-3H3,(H,17,20). The van der Waals surface area contributed by atoms with Crippen LogP contribution in [0.3, 0.4) is 0 Å². The third kappa shape index (κ3) is 6.46. The molecule has 0 saturated heterocycles. The number of hydrogen-bond donors (Lipinski definition) is 3. The van der Waals surface area contributed by atoms with Gasteiger partial charge in [0.1, 0.15) is 17.8 Å². The lowest BCUT2D eigenvalue weighted by Crippen LogP contribution is -2.38. The molecule has 1 amide bonds. The molecule has 2 unspecified atom stereocenters. The first kappa shape index (κ1) is 17.9. The van der Waals surface area contributed by atoms with Crippen LogP contribution in [-0.4, -0.2) is 34.6 Å². The highest BCUT2D eigenvalue weighted by Gasteiger charge is 2.21. The molecule has 3 N–H and O–H groups in total. The number of halogens is 1. The Morgan fingerprint density at radius 2 is 2.05 bits per heavy atom. The lowest BCUT2D eigenvalue weighted by atomic mass is 10.0. The van der Waals surface area contributed by atoms with Crippen molar-refractivity contribution in [2.24, 2.45) is 0 Å². The van der Waals surface area contributed by atoms with Crippen LogP contribution < -0.4 is 5.32 Å². The van der Waals surface area contributed by atoms with Crippen LogP contribution in [0.25, 0.3) is 0 Å². The second kappa shape index (κ2) is 7.77. The molecule has 0 aliphatic rings. The van der Waals surface area contributed by atoms with Crippen LogP contribution in [0.5, 0.6) is 0 Å². The highest BCUT2D eigenvalue weighted by Crippen LogP contribution is 2.19. The summed E-state index contributed by atoms with van der Waals surface area (Å²) < 4.78 is 5.06. The number of carbonyl (C=O) groups excluding carboxylic acids is 1. The van der Waals surface area contributed by atoms with Crippen LogP contribution in [0.1, 0.15) is 38.0 Å². The summed E-state index contributed by atoms with van der Waals surface area (Å²) in [4.78, 5) is 11.5. The third-order valence-corrected chi connectivity index (χ3v) is 3.31. The van der Waals surface area contributed by atoms with Gasteiger partial charge in [0.15, 0.2) is 0 Å². The van der Waals surface area contributed by atoms with Gasteiger partial charge in [0.25, 0.3) is 0 Å². The van der Waals surface area contributed by atoms with Crippen LogP contribution in [0.2, 0.25) is 0 Å². The van der Waals surface area contributed by atoms with Crippen molar-refractivity contribution < 1.29 is 19.7 Å². The number of ether oxygens (including phenoxy) is 1. The van der Waals surface area contributed by atoms with Crippen molar-refractivity contribution in [1.82, 2.24) is 5.32 Å². The molecule has 0 spiro atoms. The summed E-state index contributed by atoms with van der Waals surface area (Å²) in [5.74, 6) is 0. The van der Waals surface area contributed by atoms with Crippen molar-refractivity contribution in [3.63, 3.8) is 0 Å². The van der Waals surface area contributed by atoms with Gasteiger partial charge in [-0.1, -0.05) is 40.2 Å². The smallest absolute Gasteiger partial charge is 0.407 e. The molecule has 5 nitrogen and oxygen atoms in total. The molecule has 6 heteroatoms. The molecule has 0 aliphatic carbocycles. The largest absolute Gasteiger partial charge is 0.444 e. The molecule has 1 aromatic carbocycles. The zero-order valence-electron chi connectivity index (χ0n) is 12.5. The van der Waals surface area contributed by atoms with Crippen LogP contribution in [0.15, 0.2) is 24.3 Å². The average Bonchev–Trinajstić information content (AvgIpc) is 2.42. The Morgan fingerprint density at radius 3 is 2.62 bits per heavy atom. The second-order valence-corrected chi connectivity index (χ2v) is 6.33. The highest BCUT2D eigenvalue weighted by atomic mass is 79.9. The van der Waals surface area contributed by atoms with Gasteiger partial charge in [0, 0.05) is 11.9 Å². The molecule has 0 radical (unpaired) electrons. The Hall–Kier alpha value is -1.11. The Morgan fingerprint density at radius 1 is 1.38 bits per heavy atom. The number of aliphatic hydroxyl groups excluding tert-OH is 2. The Balaban J connectivity index is 2.54. The Kier molecular flexibility index (Phi) is 6.64. The van der Waals surface area contributed by atoms with Crippen molar-refractivity contribution in [3.8, 4) is 0 Å². The van der Waals surface area contributed by atoms with Gasteiger partial charge in [0.2, 0.25) is 0 Å².